The Kier molecular flexibility index (Phi) is 2.60. The van der Waals surface area contributed by atoms with E-state index in [0.29, 0.717) is 10.8 Å². The van der Waals surface area contributed by atoms with Gasteiger partial charge in [0.05, 0.1) is 16.5 Å². The van der Waals surface area contributed by atoms with E-state index in [2.05, 4.69) is 9.97 Å². The normalized spacial score (nSPS) is 11.0. The van der Waals surface area contributed by atoms with E-state index < -0.39 is 0 Å². The van der Waals surface area contributed by atoms with Crippen molar-refractivity contribution in [3.05, 3.63) is 24.2 Å². The molecular weight excluding hydrogens is 211 g/mol. The van der Waals surface area contributed by atoms with Crippen LogP contribution in [-0.2, 0) is 11.0 Å². The predicted molar refractivity (Wildman–Crippen MR) is 57.8 cm³/mol. The summed E-state index contributed by atoms with van der Waals surface area (Å²) in [4.78, 5) is 8.18. The molecule has 0 amide bonds. The van der Waals surface area contributed by atoms with E-state index in [1.807, 2.05) is 6.92 Å². The summed E-state index contributed by atoms with van der Waals surface area (Å²) in [6.07, 6.45) is 2.24. The van der Waals surface area contributed by atoms with Gasteiger partial charge < -0.3 is 5.11 Å². The molecule has 0 atom stereocenters. The zero-order valence-corrected chi connectivity index (χ0v) is 9.03. The highest BCUT2D eigenvalue weighted by atomic mass is 31.1. The van der Waals surface area contributed by atoms with Gasteiger partial charge in [-0.05, 0) is 12.5 Å². The molecule has 15 heavy (non-hydrogen) atoms. The largest absolute Gasteiger partial charge is 0.507 e. The number of hydrogen-bond acceptors (Lipinski definition) is 4. The Labute approximate surface area is 88.2 Å². The quantitative estimate of drug-likeness (QED) is 0.784. The molecule has 0 aliphatic rings. The minimum absolute atomic E-state index is 0.0000743. The maximum atomic E-state index is 10.8. The van der Waals surface area contributed by atoms with E-state index in [-0.39, 0.29) is 14.2 Å². The van der Waals surface area contributed by atoms with Crippen molar-refractivity contribution in [3.63, 3.8) is 0 Å². The van der Waals surface area contributed by atoms with Gasteiger partial charge in [0.1, 0.15) is 12.1 Å². The zero-order chi connectivity index (χ0) is 10.8. The molecule has 5 heteroatoms. The van der Waals surface area contributed by atoms with E-state index in [1.165, 1.54) is 12.4 Å². The molecule has 1 aromatic heterocycles. The summed E-state index contributed by atoms with van der Waals surface area (Å²) < 4.78 is 10.8. The summed E-state index contributed by atoms with van der Waals surface area (Å²) in [5.41, 5.74) is 1.57. The van der Waals surface area contributed by atoms with Crippen molar-refractivity contribution >= 4 is 24.7 Å². The van der Waals surface area contributed by atoms with Gasteiger partial charge in [0, 0.05) is 11.5 Å². The Morgan fingerprint density at radius 2 is 2.20 bits per heavy atom. The van der Waals surface area contributed by atoms with Crippen molar-refractivity contribution in [1.29, 1.82) is 0 Å². The van der Waals surface area contributed by atoms with Crippen LogP contribution in [0.25, 0.3) is 10.9 Å². The van der Waals surface area contributed by atoms with Crippen molar-refractivity contribution in [2.75, 3.05) is 0 Å². The summed E-state index contributed by atoms with van der Waals surface area (Å²) in [7, 11) is -0.196. The topological polar surface area (TPSA) is 63.1 Å². The second-order valence-corrected chi connectivity index (χ2v) is 3.79. The lowest BCUT2D eigenvalue weighted by Crippen LogP contribution is -1.98. The van der Waals surface area contributed by atoms with E-state index in [4.69, 9.17) is 0 Å². The highest BCUT2D eigenvalue weighted by Crippen LogP contribution is 2.21. The van der Waals surface area contributed by atoms with E-state index >= 15 is 0 Å². The Balaban J connectivity index is 2.81. The van der Waals surface area contributed by atoms with Gasteiger partial charge in [0.25, 0.3) is 0 Å². The number of rotatable bonds is 2. The second kappa shape index (κ2) is 3.91. The van der Waals surface area contributed by atoms with Crippen molar-refractivity contribution < 1.29 is 9.67 Å². The summed E-state index contributed by atoms with van der Waals surface area (Å²) in [6, 6.07) is 3.18. The fourth-order valence-electron chi connectivity index (χ4n) is 1.49. The third-order valence-corrected chi connectivity index (χ3v) is 2.80. The molecule has 0 aliphatic heterocycles. The SMILES string of the molecule is CCc1ncnc2cc(O)c(P=O)cc12. The zero-order valence-electron chi connectivity index (χ0n) is 8.14. The molecule has 1 heterocycles. The summed E-state index contributed by atoms with van der Waals surface area (Å²) in [5.74, 6) is -0.0000743. The van der Waals surface area contributed by atoms with Gasteiger partial charge in [0.2, 0.25) is 0 Å². The highest BCUT2D eigenvalue weighted by molar-refractivity contribution is 7.34. The number of phenols is 1. The van der Waals surface area contributed by atoms with Crippen LogP contribution in [0, 0.1) is 0 Å². The van der Waals surface area contributed by atoms with Crippen LogP contribution in [0.3, 0.4) is 0 Å². The molecule has 0 saturated heterocycles. The lowest BCUT2D eigenvalue weighted by Gasteiger charge is -2.03. The molecule has 1 N–H and O–H groups in total. The molecule has 4 nitrogen and oxygen atoms in total. The van der Waals surface area contributed by atoms with Crippen LogP contribution in [0.15, 0.2) is 18.5 Å². The monoisotopic (exact) mass is 220 g/mol. The van der Waals surface area contributed by atoms with Crippen molar-refractivity contribution in [3.8, 4) is 5.75 Å². The van der Waals surface area contributed by atoms with Crippen molar-refractivity contribution in [1.82, 2.24) is 9.97 Å². The van der Waals surface area contributed by atoms with Gasteiger partial charge in [-0.1, -0.05) is 6.92 Å². The predicted octanol–water partition coefficient (Wildman–Crippen LogP) is 1.81. The first-order valence-corrected chi connectivity index (χ1v) is 5.37. The van der Waals surface area contributed by atoms with Crippen LogP contribution < -0.4 is 5.30 Å². The Bertz CT molecular complexity index is 528. The minimum Gasteiger partial charge on any atom is -0.507 e. The van der Waals surface area contributed by atoms with E-state index in [0.717, 1.165) is 17.5 Å². The third-order valence-electron chi connectivity index (χ3n) is 2.25. The maximum Gasteiger partial charge on any atom is 0.196 e. The maximum absolute atomic E-state index is 10.8. The molecule has 2 rings (SSSR count). The number of hydrogen-bond donors (Lipinski definition) is 1. The van der Waals surface area contributed by atoms with Crippen LogP contribution in [0.2, 0.25) is 0 Å². The molecule has 0 fully saturated rings. The first kappa shape index (κ1) is 9.99. The van der Waals surface area contributed by atoms with Crippen molar-refractivity contribution in [2.24, 2.45) is 0 Å². The van der Waals surface area contributed by atoms with Crippen LogP contribution in [0.4, 0.5) is 0 Å². The van der Waals surface area contributed by atoms with Crippen LogP contribution in [0.1, 0.15) is 12.6 Å². The van der Waals surface area contributed by atoms with Gasteiger partial charge in [-0.3, -0.25) is 4.57 Å². The smallest absolute Gasteiger partial charge is 0.196 e. The fourth-order valence-corrected chi connectivity index (χ4v) is 1.83. The number of phenolic OH excluding ortho intramolecular Hbond substituents is 1. The van der Waals surface area contributed by atoms with Crippen LogP contribution >= 0.6 is 8.46 Å². The van der Waals surface area contributed by atoms with E-state index in [9.17, 15) is 9.67 Å². The number of aryl methyl sites for hydroxylation is 1. The van der Waals surface area contributed by atoms with Crippen molar-refractivity contribution in [2.45, 2.75) is 13.3 Å². The summed E-state index contributed by atoms with van der Waals surface area (Å²) in [5, 5.41) is 10.7. The molecule has 76 valence electrons. The van der Waals surface area contributed by atoms with Gasteiger partial charge >= 0.3 is 0 Å². The van der Waals surface area contributed by atoms with Crippen LogP contribution in [0.5, 0.6) is 5.75 Å². The molecule has 0 radical (unpaired) electrons. The van der Waals surface area contributed by atoms with Gasteiger partial charge in [-0.15, -0.1) is 0 Å². The fraction of sp³-hybridized carbons (Fsp3) is 0.200. The number of nitrogens with zero attached hydrogens (tertiary/aromatic N) is 2. The van der Waals surface area contributed by atoms with Gasteiger partial charge in [0.15, 0.2) is 8.46 Å². The number of fused-ring (bicyclic) bond motifs is 1. The van der Waals surface area contributed by atoms with Gasteiger partial charge in [-0.25, -0.2) is 9.97 Å². The average Bonchev–Trinajstić information content (AvgIpc) is 2.27. The third kappa shape index (κ3) is 1.68. The highest BCUT2D eigenvalue weighted by Gasteiger charge is 2.07. The molecule has 2 aromatic rings. The second-order valence-electron chi connectivity index (χ2n) is 3.12. The standard InChI is InChI=1S/C10H9N2O2P/c1-2-7-6-3-10(15-14)9(13)4-8(6)12-5-11-7/h3-5,13H,2H2,1H3. The molecular formula is C10H9N2O2P. The molecule has 0 aliphatic carbocycles. The Morgan fingerprint density at radius 1 is 1.40 bits per heavy atom. The van der Waals surface area contributed by atoms with E-state index in [1.54, 1.807) is 6.07 Å². The molecule has 0 bridgehead atoms. The first-order valence-electron chi connectivity index (χ1n) is 4.56. The molecule has 1 aromatic carbocycles. The minimum atomic E-state index is -0.196. The number of benzene rings is 1. The molecule has 0 spiro atoms. The lowest BCUT2D eigenvalue weighted by molar-refractivity contribution is 0.480. The number of aromatic nitrogens is 2. The Morgan fingerprint density at radius 3 is 2.87 bits per heavy atom. The molecule has 0 saturated carbocycles. The van der Waals surface area contributed by atoms with Gasteiger partial charge in [-0.2, -0.15) is 0 Å². The summed E-state index contributed by atoms with van der Waals surface area (Å²) >= 11 is 0. The summed E-state index contributed by atoms with van der Waals surface area (Å²) in [6.45, 7) is 1.99. The Hall–Kier alpha value is -1.54. The number of aromatic hydroxyl groups is 1. The van der Waals surface area contributed by atoms with Crippen LogP contribution in [-0.4, -0.2) is 15.1 Å². The first-order chi connectivity index (χ1) is 7.26. The average molecular weight is 220 g/mol. The molecule has 0 unspecified atom stereocenters. The lowest BCUT2D eigenvalue weighted by atomic mass is 10.1.